The van der Waals surface area contributed by atoms with Crippen LogP contribution in [0.15, 0.2) is 35.2 Å². The Balaban J connectivity index is 0.00000242. The molecule has 2 rings (SSSR count). The Kier molecular flexibility index (Phi) is 8.25. The first-order chi connectivity index (χ1) is 10.2. The Morgan fingerprint density at radius 1 is 1.36 bits per heavy atom. The maximum Gasteiger partial charge on any atom is 0.239 e. The minimum absolute atomic E-state index is 0. The largest absolute Gasteiger partial charge is 0.383 e. The smallest absolute Gasteiger partial charge is 0.239 e. The van der Waals surface area contributed by atoms with Crippen LogP contribution in [0, 0.1) is 0 Å². The molecule has 0 spiro atoms. The zero-order valence-electron chi connectivity index (χ0n) is 12.9. The van der Waals surface area contributed by atoms with Gasteiger partial charge in [-0.25, -0.2) is 0 Å². The molecule has 1 aromatic carbocycles. The van der Waals surface area contributed by atoms with Crippen LogP contribution in [0.1, 0.15) is 25.7 Å². The number of nitrogens with one attached hydrogen (secondary N) is 1. The Hall–Kier alpha value is -0.750. The summed E-state index contributed by atoms with van der Waals surface area (Å²) in [7, 11) is 1.55. The number of rotatable bonds is 7. The summed E-state index contributed by atoms with van der Waals surface area (Å²) in [5, 5.41) is 3.01. The lowest BCUT2D eigenvalue weighted by Crippen LogP contribution is -2.47. The summed E-state index contributed by atoms with van der Waals surface area (Å²) in [4.78, 5) is 13.2. The van der Waals surface area contributed by atoms with Crippen LogP contribution in [0.3, 0.4) is 0 Å². The normalized spacial score (nSPS) is 17.5. The van der Waals surface area contributed by atoms with E-state index < -0.39 is 6.04 Å². The van der Waals surface area contributed by atoms with Gasteiger partial charge >= 0.3 is 0 Å². The van der Waals surface area contributed by atoms with E-state index in [1.807, 2.05) is 17.8 Å². The molecular formula is C16H25ClN2O2S. The standard InChI is InChI=1S/C16H24N2O2S.ClH/c1-20-11-14(17)15(19)18-12-16(9-5-6-10-16)21-13-7-3-2-4-8-13;/h2-4,7-8,14H,5-6,9-12,17H2,1H3,(H,18,19);1H. The molecule has 0 bridgehead atoms. The van der Waals surface area contributed by atoms with Gasteiger partial charge in [-0.15, -0.1) is 24.2 Å². The predicted octanol–water partition coefficient (Wildman–Crippen LogP) is 2.60. The lowest BCUT2D eigenvalue weighted by molar-refractivity contribution is -0.123. The Bertz CT molecular complexity index is 453. The molecule has 22 heavy (non-hydrogen) atoms. The van der Waals surface area contributed by atoms with Crippen molar-refractivity contribution < 1.29 is 9.53 Å². The highest BCUT2D eigenvalue weighted by atomic mass is 35.5. The SMILES string of the molecule is COCC(N)C(=O)NCC1(Sc2ccccc2)CCCC1.Cl. The van der Waals surface area contributed by atoms with Crippen LogP contribution in [-0.4, -0.2) is 37.0 Å². The fourth-order valence-electron chi connectivity index (χ4n) is 2.71. The third kappa shape index (κ3) is 5.47. The van der Waals surface area contributed by atoms with Gasteiger partial charge in [0, 0.05) is 23.3 Å². The van der Waals surface area contributed by atoms with Crippen LogP contribution in [0.4, 0.5) is 0 Å². The average molecular weight is 345 g/mol. The molecule has 6 heteroatoms. The van der Waals surface area contributed by atoms with Gasteiger partial charge < -0.3 is 15.8 Å². The molecule has 4 nitrogen and oxygen atoms in total. The van der Waals surface area contributed by atoms with Crippen LogP contribution in [0.25, 0.3) is 0 Å². The van der Waals surface area contributed by atoms with E-state index in [4.69, 9.17) is 10.5 Å². The molecule has 1 unspecified atom stereocenters. The van der Waals surface area contributed by atoms with Crippen molar-refractivity contribution >= 4 is 30.1 Å². The van der Waals surface area contributed by atoms with Gasteiger partial charge in [-0.1, -0.05) is 31.0 Å². The molecule has 1 atom stereocenters. The van der Waals surface area contributed by atoms with Crippen LogP contribution >= 0.6 is 24.2 Å². The van der Waals surface area contributed by atoms with E-state index in [0.29, 0.717) is 6.54 Å². The predicted molar refractivity (Wildman–Crippen MR) is 93.6 cm³/mol. The summed E-state index contributed by atoms with van der Waals surface area (Å²) >= 11 is 1.88. The van der Waals surface area contributed by atoms with Gasteiger partial charge in [0.25, 0.3) is 0 Å². The summed E-state index contributed by atoms with van der Waals surface area (Å²) in [6, 6.07) is 9.80. The number of amides is 1. The first kappa shape index (κ1) is 19.3. The minimum atomic E-state index is -0.588. The number of ether oxygens (including phenoxy) is 1. The van der Waals surface area contributed by atoms with Gasteiger partial charge in [-0.2, -0.15) is 0 Å². The second kappa shape index (κ2) is 9.40. The monoisotopic (exact) mass is 344 g/mol. The van der Waals surface area contributed by atoms with E-state index in [1.54, 1.807) is 7.11 Å². The maximum absolute atomic E-state index is 12.0. The van der Waals surface area contributed by atoms with Gasteiger partial charge in [-0.05, 0) is 25.0 Å². The van der Waals surface area contributed by atoms with Gasteiger partial charge in [0.2, 0.25) is 5.91 Å². The fraction of sp³-hybridized carbons (Fsp3) is 0.562. The average Bonchev–Trinajstić information content (AvgIpc) is 2.95. The molecule has 0 aliphatic heterocycles. The number of hydrogen-bond donors (Lipinski definition) is 2. The lowest BCUT2D eigenvalue weighted by Gasteiger charge is -2.29. The maximum atomic E-state index is 12.0. The van der Waals surface area contributed by atoms with Crippen molar-refractivity contribution in [3.8, 4) is 0 Å². The number of hydrogen-bond acceptors (Lipinski definition) is 4. The fourth-order valence-corrected chi connectivity index (χ4v) is 4.14. The summed E-state index contributed by atoms with van der Waals surface area (Å²) in [5.74, 6) is -0.128. The zero-order chi connectivity index (χ0) is 15.1. The van der Waals surface area contributed by atoms with Gasteiger partial charge in [-0.3, -0.25) is 4.79 Å². The number of methoxy groups -OCH3 is 1. The number of thioether (sulfide) groups is 1. The molecule has 3 N–H and O–H groups in total. The Morgan fingerprint density at radius 2 is 2.00 bits per heavy atom. The first-order valence-electron chi connectivity index (χ1n) is 7.41. The lowest BCUT2D eigenvalue weighted by atomic mass is 10.1. The molecule has 1 aliphatic rings. The molecule has 0 saturated heterocycles. The number of halogens is 1. The first-order valence-corrected chi connectivity index (χ1v) is 8.23. The summed E-state index contributed by atoms with van der Waals surface area (Å²) in [6.45, 7) is 0.924. The minimum Gasteiger partial charge on any atom is -0.383 e. The third-order valence-electron chi connectivity index (χ3n) is 3.86. The van der Waals surface area contributed by atoms with Crippen LogP contribution in [0.2, 0.25) is 0 Å². The van der Waals surface area contributed by atoms with Crippen molar-refractivity contribution in [2.24, 2.45) is 5.73 Å². The number of carbonyl (C=O) groups excluding carboxylic acids is 1. The molecular weight excluding hydrogens is 320 g/mol. The van der Waals surface area contributed by atoms with Crippen molar-refractivity contribution in [1.82, 2.24) is 5.32 Å². The molecule has 1 aromatic rings. The molecule has 0 aromatic heterocycles. The molecule has 1 fully saturated rings. The van der Waals surface area contributed by atoms with Crippen molar-refractivity contribution in [2.75, 3.05) is 20.3 Å². The summed E-state index contributed by atoms with van der Waals surface area (Å²) in [6.07, 6.45) is 4.71. The summed E-state index contributed by atoms with van der Waals surface area (Å²) in [5.41, 5.74) is 5.76. The van der Waals surface area contributed by atoms with Crippen LogP contribution in [0.5, 0.6) is 0 Å². The van der Waals surface area contributed by atoms with E-state index in [9.17, 15) is 4.79 Å². The highest BCUT2D eigenvalue weighted by Crippen LogP contribution is 2.44. The van der Waals surface area contributed by atoms with E-state index >= 15 is 0 Å². The Labute approximate surface area is 143 Å². The quantitative estimate of drug-likeness (QED) is 0.798. The Morgan fingerprint density at radius 3 is 2.59 bits per heavy atom. The van der Waals surface area contributed by atoms with Gasteiger partial charge in [0.1, 0.15) is 6.04 Å². The van der Waals surface area contributed by atoms with Gasteiger partial charge in [0.15, 0.2) is 0 Å². The van der Waals surface area contributed by atoms with E-state index in [1.165, 1.54) is 17.7 Å². The van der Waals surface area contributed by atoms with E-state index in [2.05, 4.69) is 29.6 Å². The molecule has 1 amide bonds. The second-order valence-electron chi connectivity index (χ2n) is 5.58. The second-order valence-corrected chi connectivity index (χ2v) is 7.13. The molecule has 124 valence electrons. The van der Waals surface area contributed by atoms with E-state index in [-0.39, 0.29) is 29.7 Å². The van der Waals surface area contributed by atoms with Crippen molar-refractivity contribution in [3.05, 3.63) is 30.3 Å². The highest BCUT2D eigenvalue weighted by molar-refractivity contribution is 8.00. The van der Waals surface area contributed by atoms with Crippen molar-refractivity contribution in [3.63, 3.8) is 0 Å². The highest BCUT2D eigenvalue weighted by Gasteiger charge is 2.35. The third-order valence-corrected chi connectivity index (χ3v) is 5.35. The van der Waals surface area contributed by atoms with Crippen LogP contribution in [-0.2, 0) is 9.53 Å². The van der Waals surface area contributed by atoms with Crippen LogP contribution < -0.4 is 11.1 Å². The zero-order valence-corrected chi connectivity index (χ0v) is 14.6. The summed E-state index contributed by atoms with van der Waals surface area (Å²) < 4.78 is 5.03. The van der Waals surface area contributed by atoms with Crippen molar-refractivity contribution in [2.45, 2.75) is 41.4 Å². The number of nitrogens with two attached hydrogens (primary N) is 1. The van der Waals surface area contributed by atoms with Gasteiger partial charge in [0.05, 0.1) is 6.61 Å². The molecule has 0 heterocycles. The van der Waals surface area contributed by atoms with Crippen molar-refractivity contribution in [1.29, 1.82) is 0 Å². The molecule has 0 radical (unpaired) electrons. The molecule has 1 aliphatic carbocycles. The number of benzene rings is 1. The topological polar surface area (TPSA) is 64.3 Å². The van der Waals surface area contributed by atoms with E-state index in [0.717, 1.165) is 12.8 Å². The number of carbonyl (C=O) groups is 1. The molecule has 1 saturated carbocycles.